The maximum atomic E-state index is 10.8. The molecule has 0 aromatic carbocycles. The van der Waals surface area contributed by atoms with Crippen molar-refractivity contribution in [3.05, 3.63) is 24.3 Å². The van der Waals surface area contributed by atoms with Gasteiger partial charge >= 0.3 is 11.9 Å². The maximum absolute atomic E-state index is 10.8. The van der Waals surface area contributed by atoms with Gasteiger partial charge in [0.25, 0.3) is 0 Å². The van der Waals surface area contributed by atoms with Crippen molar-refractivity contribution in [1.82, 2.24) is 0 Å². The molecule has 0 aromatic heterocycles. The summed E-state index contributed by atoms with van der Waals surface area (Å²) in [6.07, 6.45) is 7.70. The zero-order chi connectivity index (χ0) is 16.5. The molecule has 0 aromatic rings. The van der Waals surface area contributed by atoms with Gasteiger partial charge in [-0.2, -0.15) is 0 Å². The fourth-order valence-corrected chi connectivity index (χ4v) is 1.15. The standard InChI is InChI=1S/C10H18O2.C6H10O3/c1-3-5-6-7-9-12-10(11)8-4-2;1-5(2)6(8)9-4-3-7/h4,8H,3,5-7,9H2,1-2H3;7H,1,3-4H2,2H3. The molecule has 0 unspecified atom stereocenters. The summed E-state index contributed by atoms with van der Waals surface area (Å²) in [5.74, 6) is -0.682. The number of unbranched alkanes of at least 4 members (excludes halogenated alkanes) is 3. The summed E-state index contributed by atoms with van der Waals surface area (Å²) in [5, 5.41) is 8.19. The molecular weight excluding hydrogens is 272 g/mol. The van der Waals surface area contributed by atoms with Gasteiger partial charge in [-0.05, 0) is 20.3 Å². The average molecular weight is 300 g/mol. The number of carbonyl (C=O) groups is 2. The monoisotopic (exact) mass is 300 g/mol. The molecule has 122 valence electrons. The second-order valence-electron chi connectivity index (χ2n) is 4.37. The van der Waals surface area contributed by atoms with Crippen molar-refractivity contribution in [2.75, 3.05) is 19.8 Å². The maximum Gasteiger partial charge on any atom is 0.333 e. The van der Waals surface area contributed by atoms with Crippen molar-refractivity contribution in [1.29, 1.82) is 0 Å². The normalized spacial score (nSPS) is 9.71. The highest BCUT2D eigenvalue weighted by atomic mass is 16.5. The third-order valence-electron chi connectivity index (χ3n) is 2.22. The van der Waals surface area contributed by atoms with Crippen LogP contribution in [0.1, 0.15) is 46.5 Å². The fraction of sp³-hybridized carbons (Fsp3) is 0.625. The van der Waals surface area contributed by atoms with Crippen LogP contribution in [0.15, 0.2) is 24.3 Å². The van der Waals surface area contributed by atoms with Crippen molar-refractivity contribution in [3.63, 3.8) is 0 Å². The van der Waals surface area contributed by atoms with Crippen molar-refractivity contribution in [2.45, 2.75) is 46.5 Å². The van der Waals surface area contributed by atoms with Gasteiger partial charge in [-0.15, -0.1) is 0 Å². The molecule has 0 aliphatic rings. The van der Waals surface area contributed by atoms with E-state index in [-0.39, 0.29) is 19.2 Å². The van der Waals surface area contributed by atoms with E-state index in [4.69, 9.17) is 9.84 Å². The van der Waals surface area contributed by atoms with Gasteiger partial charge < -0.3 is 14.6 Å². The highest BCUT2D eigenvalue weighted by Crippen LogP contribution is 1.98. The van der Waals surface area contributed by atoms with Crippen LogP contribution in [-0.2, 0) is 19.1 Å². The smallest absolute Gasteiger partial charge is 0.333 e. The van der Waals surface area contributed by atoms with Gasteiger partial charge in [-0.3, -0.25) is 0 Å². The van der Waals surface area contributed by atoms with Crippen LogP contribution in [0.2, 0.25) is 0 Å². The van der Waals surface area contributed by atoms with Crippen LogP contribution in [0.25, 0.3) is 0 Å². The lowest BCUT2D eigenvalue weighted by Gasteiger charge is -2.00. The molecule has 0 radical (unpaired) electrons. The lowest BCUT2D eigenvalue weighted by Crippen LogP contribution is -2.08. The lowest BCUT2D eigenvalue weighted by molar-refractivity contribution is -0.140. The van der Waals surface area contributed by atoms with Gasteiger partial charge in [0.1, 0.15) is 6.61 Å². The predicted molar refractivity (Wildman–Crippen MR) is 82.8 cm³/mol. The Bertz CT molecular complexity index is 321. The Labute approximate surface area is 127 Å². The third kappa shape index (κ3) is 18.4. The topological polar surface area (TPSA) is 72.8 Å². The quantitative estimate of drug-likeness (QED) is 0.403. The van der Waals surface area contributed by atoms with Crippen LogP contribution in [0.3, 0.4) is 0 Å². The van der Waals surface area contributed by atoms with Gasteiger partial charge in [0.2, 0.25) is 0 Å². The van der Waals surface area contributed by atoms with E-state index in [2.05, 4.69) is 18.2 Å². The van der Waals surface area contributed by atoms with Crippen LogP contribution in [0, 0.1) is 0 Å². The fourth-order valence-electron chi connectivity index (χ4n) is 1.15. The minimum Gasteiger partial charge on any atom is -0.463 e. The molecule has 5 nitrogen and oxygen atoms in total. The van der Waals surface area contributed by atoms with Crippen molar-refractivity contribution >= 4 is 11.9 Å². The molecule has 0 bridgehead atoms. The molecule has 0 saturated heterocycles. The molecule has 0 atom stereocenters. The summed E-state index contributed by atoms with van der Waals surface area (Å²) < 4.78 is 9.37. The minimum atomic E-state index is -0.455. The van der Waals surface area contributed by atoms with Gasteiger partial charge in [0.05, 0.1) is 13.2 Å². The summed E-state index contributed by atoms with van der Waals surface area (Å²) in [6, 6.07) is 0. The molecule has 21 heavy (non-hydrogen) atoms. The Morgan fingerprint density at radius 3 is 2.29 bits per heavy atom. The van der Waals surface area contributed by atoms with Crippen LogP contribution in [0.4, 0.5) is 0 Å². The van der Waals surface area contributed by atoms with Gasteiger partial charge in [0.15, 0.2) is 0 Å². The highest BCUT2D eigenvalue weighted by molar-refractivity contribution is 5.86. The number of carbonyl (C=O) groups excluding carboxylic acids is 2. The SMILES string of the molecule is C=C(C)C(=O)OCCO.CC=CC(=O)OCCCCCC. The largest absolute Gasteiger partial charge is 0.463 e. The van der Waals surface area contributed by atoms with E-state index in [1.165, 1.54) is 18.9 Å². The molecule has 0 heterocycles. The number of ether oxygens (including phenoxy) is 2. The number of hydrogen-bond donors (Lipinski definition) is 1. The molecular formula is C16H28O5. The first-order valence-corrected chi connectivity index (χ1v) is 7.22. The first kappa shape index (κ1) is 21.7. The van der Waals surface area contributed by atoms with E-state index in [1.807, 2.05) is 0 Å². The second-order valence-corrected chi connectivity index (χ2v) is 4.37. The Morgan fingerprint density at radius 2 is 1.81 bits per heavy atom. The van der Waals surface area contributed by atoms with Gasteiger partial charge in [0, 0.05) is 11.6 Å². The van der Waals surface area contributed by atoms with Crippen LogP contribution < -0.4 is 0 Å². The summed E-state index contributed by atoms with van der Waals surface area (Å²) in [7, 11) is 0. The number of allylic oxidation sites excluding steroid dienone is 1. The predicted octanol–water partition coefficient (Wildman–Crippen LogP) is 2.78. The Balaban J connectivity index is 0. The Kier molecular flexibility index (Phi) is 17.0. The third-order valence-corrected chi connectivity index (χ3v) is 2.22. The van der Waals surface area contributed by atoms with Gasteiger partial charge in [-0.1, -0.05) is 38.8 Å². The van der Waals surface area contributed by atoms with E-state index < -0.39 is 5.97 Å². The molecule has 0 fully saturated rings. The molecule has 1 N–H and O–H groups in total. The van der Waals surface area contributed by atoms with E-state index in [0.29, 0.717) is 12.2 Å². The van der Waals surface area contributed by atoms with Gasteiger partial charge in [-0.25, -0.2) is 9.59 Å². The van der Waals surface area contributed by atoms with Crippen LogP contribution in [0.5, 0.6) is 0 Å². The van der Waals surface area contributed by atoms with E-state index in [9.17, 15) is 9.59 Å². The van der Waals surface area contributed by atoms with E-state index >= 15 is 0 Å². The number of rotatable bonds is 9. The Morgan fingerprint density at radius 1 is 1.14 bits per heavy atom. The second kappa shape index (κ2) is 16.4. The summed E-state index contributed by atoms with van der Waals surface area (Å²) >= 11 is 0. The van der Waals surface area contributed by atoms with E-state index in [0.717, 1.165) is 12.8 Å². The minimum absolute atomic E-state index is 0.0473. The first-order valence-electron chi connectivity index (χ1n) is 7.22. The number of hydrogen-bond acceptors (Lipinski definition) is 5. The average Bonchev–Trinajstić information content (AvgIpc) is 2.45. The zero-order valence-electron chi connectivity index (χ0n) is 13.4. The summed E-state index contributed by atoms with van der Waals surface area (Å²) in [5.41, 5.74) is 0.350. The van der Waals surface area contributed by atoms with Crippen molar-refractivity contribution < 1.29 is 24.2 Å². The number of aliphatic hydroxyl groups is 1. The molecule has 0 spiro atoms. The molecule has 0 saturated carbocycles. The van der Waals surface area contributed by atoms with Crippen molar-refractivity contribution in [3.8, 4) is 0 Å². The highest BCUT2D eigenvalue weighted by Gasteiger charge is 1.99. The zero-order valence-corrected chi connectivity index (χ0v) is 13.4. The van der Waals surface area contributed by atoms with E-state index in [1.54, 1.807) is 19.9 Å². The molecule has 0 rings (SSSR count). The van der Waals surface area contributed by atoms with Crippen LogP contribution in [-0.4, -0.2) is 36.9 Å². The molecule has 0 amide bonds. The van der Waals surface area contributed by atoms with Crippen LogP contribution >= 0.6 is 0 Å². The molecule has 0 aliphatic carbocycles. The number of esters is 2. The summed E-state index contributed by atoms with van der Waals surface area (Å²) in [4.78, 5) is 21.2. The Hall–Kier alpha value is -1.62. The first-order chi connectivity index (χ1) is 9.99. The number of aliphatic hydroxyl groups excluding tert-OH is 1. The molecule has 0 aliphatic heterocycles. The summed E-state index contributed by atoms with van der Waals surface area (Å²) in [6.45, 7) is 9.34. The molecule has 5 heteroatoms. The van der Waals surface area contributed by atoms with Crippen molar-refractivity contribution in [2.24, 2.45) is 0 Å². The lowest BCUT2D eigenvalue weighted by atomic mass is 10.2.